The van der Waals surface area contributed by atoms with Crippen molar-refractivity contribution in [3.8, 4) is 5.75 Å². The van der Waals surface area contributed by atoms with Crippen molar-refractivity contribution in [2.45, 2.75) is 6.92 Å². The average molecular weight is 277 g/mol. The molecule has 1 amide bonds. The van der Waals surface area contributed by atoms with E-state index in [-0.39, 0.29) is 11.7 Å². The summed E-state index contributed by atoms with van der Waals surface area (Å²) in [6.07, 6.45) is 0. The Hall–Kier alpha value is -2.20. The average Bonchev–Trinajstić information content (AvgIpc) is 2.36. The van der Waals surface area contributed by atoms with Crippen molar-refractivity contribution >= 4 is 28.9 Å². The quantitative estimate of drug-likeness (QED) is 0.737. The van der Waals surface area contributed by atoms with Gasteiger partial charge in [0.1, 0.15) is 5.75 Å². The number of benzene rings is 2. The van der Waals surface area contributed by atoms with E-state index >= 15 is 0 Å². The Kier molecular flexibility index (Phi) is 3.62. The number of carbonyl (C=O) groups is 1. The highest BCUT2D eigenvalue weighted by Crippen LogP contribution is 2.25. The van der Waals surface area contributed by atoms with Gasteiger partial charge in [-0.3, -0.25) is 4.79 Å². The van der Waals surface area contributed by atoms with Crippen molar-refractivity contribution < 1.29 is 9.90 Å². The van der Waals surface area contributed by atoms with Gasteiger partial charge in [-0.15, -0.1) is 0 Å². The van der Waals surface area contributed by atoms with Gasteiger partial charge in [0.2, 0.25) is 0 Å². The molecule has 0 atom stereocenters. The van der Waals surface area contributed by atoms with Crippen LogP contribution in [-0.2, 0) is 0 Å². The molecule has 2 rings (SSSR count). The summed E-state index contributed by atoms with van der Waals surface area (Å²) in [4.78, 5) is 12.0. The molecule has 2 aromatic carbocycles. The molecule has 0 bridgehead atoms. The Bertz CT molecular complexity index is 641. The number of nitrogens with two attached hydrogens (primary N) is 1. The van der Waals surface area contributed by atoms with Gasteiger partial charge < -0.3 is 16.2 Å². The van der Waals surface area contributed by atoms with Crippen LogP contribution < -0.4 is 11.1 Å². The van der Waals surface area contributed by atoms with E-state index in [2.05, 4.69) is 5.32 Å². The predicted molar refractivity (Wildman–Crippen MR) is 76.7 cm³/mol. The fourth-order valence-corrected chi connectivity index (χ4v) is 1.86. The summed E-state index contributed by atoms with van der Waals surface area (Å²) >= 11 is 5.98. The highest BCUT2D eigenvalue weighted by molar-refractivity contribution is 6.34. The number of phenols is 1. The van der Waals surface area contributed by atoms with Gasteiger partial charge in [-0.1, -0.05) is 11.6 Å². The van der Waals surface area contributed by atoms with Crippen LogP contribution in [0.1, 0.15) is 15.9 Å². The molecule has 4 nitrogen and oxygen atoms in total. The third-order valence-electron chi connectivity index (χ3n) is 2.70. The molecule has 0 unspecified atom stereocenters. The topological polar surface area (TPSA) is 75.4 Å². The molecule has 0 aromatic heterocycles. The number of phenolic OH excluding ortho intramolecular Hbond substituents is 1. The van der Waals surface area contributed by atoms with Crippen molar-refractivity contribution in [1.82, 2.24) is 0 Å². The van der Waals surface area contributed by atoms with Gasteiger partial charge >= 0.3 is 0 Å². The number of hydrogen-bond donors (Lipinski definition) is 3. The minimum Gasteiger partial charge on any atom is -0.508 e. The zero-order valence-electron chi connectivity index (χ0n) is 10.3. The number of nitrogen functional groups attached to an aromatic ring is 1. The number of nitrogens with one attached hydrogen (secondary N) is 1. The Labute approximate surface area is 115 Å². The first-order chi connectivity index (χ1) is 8.97. The van der Waals surface area contributed by atoms with Crippen LogP contribution >= 0.6 is 11.6 Å². The number of carbonyl (C=O) groups excluding carboxylic acids is 1. The Morgan fingerprint density at radius 2 is 2.00 bits per heavy atom. The van der Waals surface area contributed by atoms with Crippen molar-refractivity contribution in [2.75, 3.05) is 11.1 Å². The van der Waals surface area contributed by atoms with E-state index in [1.54, 1.807) is 37.3 Å². The third kappa shape index (κ3) is 2.98. The lowest BCUT2D eigenvalue weighted by Gasteiger charge is -2.08. The molecule has 4 N–H and O–H groups in total. The second-order valence-electron chi connectivity index (χ2n) is 4.19. The van der Waals surface area contributed by atoms with E-state index in [0.29, 0.717) is 27.5 Å². The molecule has 19 heavy (non-hydrogen) atoms. The lowest BCUT2D eigenvalue weighted by Crippen LogP contribution is -2.12. The zero-order valence-corrected chi connectivity index (χ0v) is 11.0. The standard InChI is InChI=1S/C14H13ClN2O2/c1-8-6-9(2-5-13(8)18)14(19)17-12-4-3-10(16)7-11(12)15/h2-7,18H,16H2,1H3,(H,17,19). The van der Waals surface area contributed by atoms with Gasteiger partial charge in [0, 0.05) is 11.3 Å². The Morgan fingerprint density at radius 3 is 2.63 bits per heavy atom. The second kappa shape index (κ2) is 5.20. The molecule has 0 aliphatic heterocycles. The van der Waals surface area contributed by atoms with Crippen LogP contribution in [0.5, 0.6) is 5.75 Å². The zero-order chi connectivity index (χ0) is 14.0. The van der Waals surface area contributed by atoms with Crippen LogP contribution in [0.4, 0.5) is 11.4 Å². The Balaban J connectivity index is 2.23. The highest BCUT2D eigenvalue weighted by Gasteiger charge is 2.10. The first-order valence-electron chi connectivity index (χ1n) is 5.63. The van der Waals surface area contributed by atoms with Crippen LogP contribution in [0.2, 0.25) is 5.02 Å². The molecule has 2 aromatic rings. The molecule has 98 valence electrons. The van der Waals surface area contributed by atoms with Gasteiger partial charge in [-0.2, -0.15) is 0 Å². The minimum atomic E-state index is -0.297. The summed E-state index contributed by atoms with van der Waals surface area (Å²) in [5.41, 5.74) is 7.69. The first kappa shape index (κ1) is 13.2. The van der Waals surface area contributed by atoms with E-state index in [0.717, 1.165) is 0 Å². The largest absolute Gasteiger partial charge is 0.508 e. The third-order valence-corrected chi connectivity index (χ3v) is 3.01. The van der Waals surface area contributed by atoms with Gasteiger partial charge in [0.25, 0.3) is 5.91 Å². The summed E-state index contributed by atoms with van der Waals surface area (Å²) < 4.78 is 0. The molecule has 5 heteroatoms. The molecule has 0 saturated heterocycles. The molecule has 0 radical (unpaired) electrons. The van der Waals surface area contributed by atoms with Crippen LogP contribution in [0.3, 0.4) is 0 Å². The number of rotatable bonds is 2. The number of aromatic hydroxyl groups is 1. The molecule has 0 spiro atoms. The lowest BCUT2D eigenvalue weighted by atomic mass is 10.1. The lowest BCUT2D eigenvalue weighted by molar-refractivity contribution is 0.102. The second-order valence-corrected chi connectivity index (χ2v) is 4.60. The molecule has 0 saturated carbocycles. The number of aryl methyl sites for hydroxylation is 1. The molecule has 0 heterocycles. The smallest absolute Gasteiger partial charge is 0.255 e. The van der Waals surface area contributed by atoms with Crippen molar-refractivity contribution in [2.24, 2.45) is 0 Å². The summed E-state index contributed by atoms with van der Waals surface area (Å²) in [6.45, 7) is 1.72. The van der Waals surface area contributed by atoms with Gasteiger partial charge in [0.15, 0.2) is 0 Å². The number of halogens is 1. The van der Waals surface area contributed by atoms with Crippen molar-refractivity contribution in [3.05, 3.63) is 52.5 Å². The summed E-state index contributed by atoms with van der Waals surface area (Å²) in [7, 11) is 0. The first-order valence-corrected chi connectivity index (χ1v) is 6.01. The maximum absolute atomic E-state index is 12.0. The van der Waals surface area contributed by atoms with Gasteiger partial charge in [-0.25, -0.2) is 0 Å². The van der Waals surface area contributed by atoms with Crippen LogP contribution in [-0.4, -0.2) is 11.0 Å². The van der Waals surface area contributed by atoms with E-state index in [1.165, 1.54) is 6.07 Å². The summed E-state index contributed by atoms with van der Waals surface area (Å²) in [5, 5.41) is 12.5. The fourth-order valence-electron chi connectivity index (χ4n) is 1.62. The summed E-state index contributed by atoms with van der Waals surface area (Å²) in [5.74, 6) is -0.142. The SMILES string of the molecule is Cc1cc(C(=O)Nc2ccc(N)cc2Cl)ccc1O. The van der Waals surface area contributed by atoms with Crippen molar-refractivity contribution in [3.63, 3.8) is 0 Å². The molecule has 0 fully saturated rings. The molecular formula is C14H13ClN2O2. The normalized spacial score (nSPS) is 10.2. The highest BCUT2D eigenvalue weighted by atomic mass is 35.5. The number of hydrogen-bond acceptors (Lipinski definition) is 3. The summed E-state index contributed by atoms with van der Waals surface area (Å²) in [6, 6.07) is 9.50. The predicted octanol–water partition coefficient (Wildman–Crippen LogP) is 3.19. The number of anilines is 2. The van der Waals surface area contributed by atoms with Crippen LogP contribution in [0.15, 0.2) is 36.4 Å². The number of amides is 1. The van der Waals surface area contributed by atoms with Crippen LogP contribution in [0.25, 0.3) is 0 Å². The van der Waals surface area contributed by atoms with E-state index in [9.17, 15) is 9.90 Å². The minimum absolute atomic E-state index is 0.155. The van der Waals surface area contributed by atoms with E-state index in [1.807, 2.05) is 0 Å². The molecule has 0 aliphatic rings. The Morgan fingerprint density at radius 1 is 1.26 bits per heavy atom. The van der Waals surface area contributed by atoms with E-state index in [4.69, 9.17) is 17.3 Å². The van der Waals surface area contributed by atoms with E-state index < -0.39 is 0 Å². The van der Waals surface area contributed by atoms with Gasteiger partial charge in [0.05, 0.1) is 10.7 Å². The maximum atomic E-state index is 12.0. The molecular weight excluding hydrogens is 264 g/mol. The van der Waals surface area contributed by atoms with Crippen molar-refractivity contribution in [1.29, 1.82) is 0 Å². The fraction of sp³-hybridized carbons (Fsp3) is 0.0714. The maximum Gasteiger partial charge on any atom is 0.255 e. The molecule has 0 aliphatic carbocycles. The van der Waals surface area contributed by atoms with Gasteiger partial charge in [-0.05, 0) is 48.9 Å². The monoisotopic (exact) mass is 276 g/mol. The van der Waals surface area contributed by atoms with Crippen LogP contribution in [0, 0.1) is 6.92 Å².